The van der Waals surface area contributed by atoms with Crippen LogP contribution >= 0.6 is 11.3 Å². The van der Waals surface area contributed by atoms with Crippen LogP contribution < -0.4 is 4.90 Å². The molecule has 11 rings (SSSR count). The van der Waals surface area contributed by atoms with E-state index < -0.39 is 0 Å². The molecule has 0 spiro atoms. The van der Waals surface area contributed by atoms with Crippen LogP contribution in [0.5, 0.6) is 0 Å². The Morgan fingerprint density at radius 3 is 1.82 bits per heavy atom. The lowest BCUT2D eigenvalue weighted by Gasteiger charge is -2.26. The Hall–Kier alpha value is -6.94. The second-order valence-corrected chi connectivity index (χ2v) is 15.2. The molecule has 0 saturated heterocycles. The Kier molecular flexibility index (Phi) is 7.39. The van der Waals surface area contributed by atoms with Gasteiger partial charge in [0.2, 0.25) is 0 Å². The molecule has 3 heteroatoms. The highest BCUT2D eigenvalue weighted by atomic mass is 32.1. The first-order chi connectivity index (χ1) is 27.2. The van der Waals surface area contributed by atoms with E-state index in [-0.39, 0.29) is 0 Å². The molecule has 55 heavy (non-hydrogen) atoms. The molecule has 0 unspecified atom stereocenters. The van der Waals surface area contributed by atoms with Crippen molar-refractivity contribution in [2.45, 2.75) is 0 Å². The predicted octanol–water partition coefficient (Wildman–Crippen LogP) is 15.6. The summed E-state index contributed by atoms with van der Waals surface area (Å²) >= 11 is 1.86. The van der Waals surface area contributed by atoms with Crippen LogP contribution in [0.15, 0.2) is 205 Å². The summed E-state index contributed by atoms with van der Waals surface area (Å²) in [5.74, 6) is 0. The van der Waals surface area contributed by atoms with Gasteiger partial charge in [-0.05, 0) is 111 Å². The van der Waals surface area contributed by atoms with Gasteiger partial charge in [-0.2, -0.15) is 0 Å². The van der Waals surface area contributed by atoms with E-state index in [9.17, 15) is 0 Å². The van der Waals surface area contributed by atoms with Crippen LogP contribution in [0.25, 0.3) is 86.3 Å². The Labute approximate surface area is 322 Å². The number of fused-ring (bicyclic) bond motifs is 7. The second kappa shape index (κ2) is 12.9. The zero-order valence-corrected chi connectivity index (χ0v) is 30.6. The number of anilines is 3. The maximum absolute atomic E-state index is 6.28. The van der Waals surface area contributed by atoms with Crippen molar-refractivity contribution in [1.82, 2.24) is 0 Å². The third-order valence-corrected chi connectivity index (χ3v) is 12.0. The second-order valence-electron chi connectivity index (χ2n) is 14.1. The van der Waals surface area contributed by atoms with Crippen LogP contribution in [-0.4, -0.2) is 0 Å². The van der Waals surface area contributed by atoms with Crippen molar-refractivity contribution in [3.8, 4) is 33.4 Å². The quantitative estimate of drug-likeness (QED) is 0.170. The molecule has 0 aliphatic carbocycles. The van der Waals surface area contributed by atoms with Crippen molar-refractivity contribution in [3.05, 3.63) is 200 Å². The number of hydrogen-bond acceptors (Lipinski definition) is 3. The summed E-state index contributed by atoms with van der Waals surface area (Å²) in [5.41, 5.74) is 12.2. The highest BCUT2D eigenvalue weighted by Gasteiger charge is 2.17. The molecule has 0 radical (unpaired) electrons. The molecule has 9 aromatic carbocycles. The number of hydrogen-bond donors (Lipinski definition) is 0. The first kappa shape index (κ1) is 31.6. The molecular weight excluding hydrogens is 687 g/mol. The number of benzene rings is 9. The molecule has 2 aromatic heterocycles. The van der Waals surface area contributed by atoms with Crippen LogP contribution in [0.1, 0.15) is 0 Å². The first-order valence-electron chi connectivity index (χ1n) is 18.7. The minimum atomic E-state index is 0.897. The van der Waals surface area contributed by atoms with Gasteiger partial charge >= 0.3 is 0 Å². The van der Waals surface area contributed by atoms with E-state index in [1.807, 2.05) is 23.5 Å². The maximum atomic E-state index is 6.28. The van der Waals surface area contributed by atoms with Crippen LogP contribution in [0.4, 0.5) is 17.1 Å². The molecule has 258 valence electrons. The van der Waals surface area contributed by atoms with Crippen LogP contribution in [0.3, 0.4) is 0 Å². The van der Waals surface area contributed by atoms with Gasteiger partial charge in [-0.25, -0.2) is 0 Å². The number of para-hydroxylation sites is 1. The predicted molar refractivity (Wildman–Crippen MR) is 235 cm³/mol. The van der Waals surface area contributed by atoms with Crippen molar-refractivity contribution < 1.29 is 4.42 Å². The van der Waals surface area contributed by atoms with E-state index in [1.165, 1.54) is 53.2 Å². The fraction of sp³-hybridized carbons (Fsp3) is 0. The SMILES string of the molecule is c1cc(-c2cccc3oc4ccccc4c23)cc(N(c2ccc(-c3ccc4sc5ccccc5c4c3)cc2)c2ccc(-c3cccc4ccccc34)cc2)c1. The van der Waals surface area contributed by atoms with Crippen LogP contribution in [-0.2, 0) is 0 Å². The molecule has 0 amide bonds. The van der Waals surface area contributed by atoms with E-state index in [4.69, 9.17) is 4.42 Å². The molecule has 11 aromatic rings. The summed E-state index contributed by atoms with van der Waals surface area (Å²) in [6.45, 7) is 0. The fourth-order valence-corrected chi connectivity index (χ4v) is 9.34. The summed E-state index contributed by atoms with van der Waals surface area (Å²) < 4.78 is 8.93. The average molecular weight is 720 g/mol. The van der Waals surface area contributed by atoms with Crippen LogP contribution in [0.2, 0.25) is 0 Å². The van der Waals surface area contributed by atoms with Gasteiger partial charge in [0.15, 0.2) is 0 Å². The molecular formula is C52H33NOS. The number of thiophene rings is 1. The van der Waals surface area contributed by atoms with E-state index in [1.54, 1.807) is 0 Å². The Morgan fingerprint density at radius 2 is 0.964 bits per heavy atom. The minimum absolute atomic E-state index is 0.897. The van der Waals surface area contributed by atoms with Crippen molar-refractivity contribution in [3.63, 3.8) is 0 Å². The van der Waals surface area contributed by atoms with E-state index in [0.29, 0.717) is 0 Å². The van der Waals surface area contributed by atoms with E-state index in [0.717, 1.165) is 50.1 Å². The molecule has 0 N–H and O–H groups in total. The zero-order valence-electron chi connectivity index (χ0n) is 29.8. The van der Waals surface area contributed by atoms with Gasteiger partial charge in [-0.1, -0.05) is 133 Å². The Morgan fingerprint density at radius 1 is 0.345 bits per heavy atom. The van der Waals surface area contributed by atoms with Gasteiger partial charge in [-0.3, -0.25) is 0 Å². The first-order valence-corrected chi connectivity index (χ1v) is 19.5. The highest BCUT2D eigenvalue weighted by Crippen LogP contribution is 2.42. The highest BCUT2D eigenvalue weighted by molar-refractivity contribution is 7.25. The molecule has 0 fully saturated rings. The number of rotatable bonds is 6. The largest absolute Gasteiger partial charge is 0.456 e. The minimum Gasteiger partial charge on any atom is -0.456 e. The standard InChI is InChI=1S/C52H33NOS/c1-2-14-42-35(10-1)11-8-17-43(42)36-24-29-40(30-25-36)53(39-27-22-34(23-28-39)37-26-31-51-47(33-37)45-15-4-6-21-50(45)55-51)41-13-7-12-38(32-41)44-18-9-20-49-52(44)46-16-3-5-19-48(46)54-49/h1-33H. The summed E-state index contributed by atoms with van der Waals surface area (Å²) in [6.07, 6.45) is 0. The molecule has 2 heterocycles. The maximum Gasteiger partial charge on any atom is 0.136 e. The zero-order chi connectivity index (χ0) is 36.3. The number of nitrogens with zero attached hydrogens (tertiary/aromatic N) is 1. The van der Waals surface area contributed by atoms with Crippen LogP contribution in [0, 0.1) is 0 Å². The molecule has 0 aliphatic rings. The third-order valence-electron chi connectivity index (χ3n) is 10.9. The lowest BCUT2D eigenvalue weighted by atomic mass is 9.97. The molecule has 0 bridgehead atoms. The summed E-state index contributed by atoms with van der Waals surface area (Å²) in [5, 5.41) is 7.40. The van der Waals surface area contributed by atoms with Gasteiger partial charge in [-0.15, -0.1) is 11.3 Å². The van der Waals surface area contributed by atoms with E-state index >= 15 is 0 Å². The Bertz CT molecular complexity index is 3200. The third kappa shape index (κ3) is 5.40. The molecule has 0 saturated carbocycles. The van der Waals surface area contributed by atoms with Gasteiger partial charge in [0.25, 0.3) is 0 Å². The molecule has 2 nitrogen and oxygen atoms in total. The molecule has 0 atom stereocenters. The normalized spacial score (nSPS) is 11.6. The monoisotopic (exact) mass is 719 g/mol. The lowest BCUT2D eigenvalue weighted by molar-refractivity contribution is 0.669. The summed E-state index contributed by atoms with van der Waals surface area (Å²) in [4.78, 5) is 2.36. The smallest absolute Gasteiger partial charge is 0.136 e. The fourth-order valence-electron chi connectivity index (χ4n) is 8.25. The topological polar surface area (TPSA) is 16.4 Å². The Balaban J connectivity index is 1.03. The summed E-state index contributed by atoms with van der Waals surface area (Å²) in [6, 6.07) is 72.3. The summed E-state index contributed by atoms with van der Waals surface area (Å²) in [7, 11) is 0. The van der Waals surface area contributed by atoms with Gasteiger partial charge in [0.05, 0.1) is 0 Å². The van der Waals surface area contributed by atoms with Crippen molar-refractivity contribution in [2.24, 2.45) is 0 Å². The average Bonchev–Trinajstić information content (AvgIpc) is 3.83. The van der Waals surface area contributed by atoms with Gasteiger partial charge in [0.1, 0.15) is 11.2 Å². The number of furan rings is 1. The van der Waals surface area contributed by atoms with Crippen molar-refractivity contribution in [1.29, 1.82) is 0 Å². The van der Waals surface area contributed by atoms with Crippen molar-refractivity contribution >= 4 is 81.3 Å². The van der Waals surface area contributed by atoms with Gasteiger partial charge < -0.3 is 9.32 Å². The van der Waals surface area contributed by atoms with Crippen molar-refractivity contribution in [2.75, 3.05) is 4.90 Å². The lowest BCUT2D eigenvalue weighted by Crippen LogP contribution is -2.10. The molecule has 0 aliphatic heterocycles. The van der Waals surface area contributed by atoms with Gasteiger partial charge in [0, 0.05) is 48.0 Å². The van der Waals surface area contributed by atoms with E-state index in [2.05, 4.69) is 193 Å².